The van der Waals surface area contributed by atoms with Gasteiger partial charge in [-0.1, -0.05) is 0 Å². The van der Waals surface area contributed by atoms with E-state index in [0.29, 0.717) is 0 Å². The number of nitrogens with one attached hydrogen (secondary N) is 1. The molecule has 0 aliphatic rings. The summed E-state index contributed by atoms with van der Waals surface area (Å²) in [5.41, 5.74) is 2.43. The third kappa shape index (κ3) is 8.14. The molecule has 1 N–H and O–H groups in total. The van der Waals surface area contributed by atoms with Gasteiger partial charge in [0, 0.05) is 0 Å². The average molecular weight is 356 g/mol. The molecule has 0 radical (unpaired) electrons. The first-order valence-corrected chi connectivity index (χ1v) is 12.2. The first-order chi connectivity index (χ1) is 11.0. The molecule has 0 spiro atoms. The maximum atomic E-state index is 5.55. The summed E-state index contributed by atoms with van der Waals surface area (Å²) >= 11 is -2.42. The van der Waals surface area contributed by atoms with Gasteiger partial charge in [0.1, 0.15) is 0 Å². The number of benzene rings is 1. The molecule has 0 unspecified atom stereocenters. The Hall–Kier alpha value is -0.646. The van der Waals surface area contributed by atoms with Crippen LogP contribution in [0.25, 0.3) is 0 Å². The Morgan fingerprint density at radius 3 is 2.39 bits per heavy atom. The first-order valence-electron chi connectivity index (χ1n) is 8.26. The molecule has 4 nitrogen and oxygen atoms in total. The Morgan fingerprint density at radius 2 is 1.83 bits per heavy atom. The van der Waals surface area contributed by atoms with Crippen molar-refractivity contribution in [1.82, 2.24) is 10.2 Å². The fraction of sp³-hybridized carbons (Fsp3) is 0.556. The molecule has 5 heteroatoms. The van der Waals surface area contributed by atoms with Gasteiger partial charge < -0.3 is 0 Å². The SMILES string of the molecule is C=C(C)N(CCNCC[CH2][Ti]([CH3])([O]C)[O]C)Cc1ccccc1. The van der Waals surface area contributed by atoms with Crippen molar-refractivity contribution in [1.29, 1.82) is 0 Å². The standard InChI is InChI=1S/C15H23N2.2CH3O.CH3.Ti/c1-4-10-16-11-12-17(14(2)3)13-15-8-6-5-7-9-15;2*1-2;;/h5-9,16H,1-2,4,10-13H2,3H3;2*1H3;1H3;/q;2*-1;;+2. The first kappa shape index (κ1) is 20.4. The number of hydrogen-bond acceptors (Lipinski definition) is 4. The van der Waals surface area contributed by atoms with Crippen molar-refractivity contribution in [2.45, 2.75) is 29.8 Å². The summed E-state index contributed by atoms with van der Waals surface area (Å²) in [5.74, 6) is 0. The van der Waals surface area contributed by atoms with Crippen LogP contribution in [0.15, 0.2) is 42.6 Å². The van der Waals surface area contributed by atoms with E-state index >= 15 is 0 Å². The molecule has 0 saturated heterocycles. The van der Waals surface area contributed by atoms with Crippen molar-refractivity contribution in [3.05, 3.63) is 48.2 Å². The topological polar surface area (TPSA) is 33.7 Å². The molecule has 0 aliphatic heterocycles. The number of allylic oxidation sites excluding steroid dienone is 1. The molecule has 0 aromatic heterocycles. The van der Waals surface area contributed by atoms with Gasteiger partial charge in [-0.3, -0.25) is 0 Å². The zero-order valence-corrected chi connectivity index (χ0v) is 16.7. The van der Waals surface area contributed by atoms with Gasteiger partial charge in [-0.15, -0.1) is 0 Å². The minimum atomic E-state index is -2.42. The summed E-state index contributed by atoms with van der Waals surface area (Å²) in [7, 11) is 3.54. The fourth-order valence-electron chi connectivity index (χ4n) is 2.37. The summed E-state index contributed by atoms with van der Waals surface area (Å²) < 4.78 is 12.2. The number of nitrogens with zero attached hydrogens (tertiary/aromatic N) is 1. The van der Waals surface area contributed by atoms with Crippen molar-refractivity contribution in [3.63, 3.8) is 0 Å². The van der Waals surface area contributed by atoms with Crippen LogP contribution < -0.4 is 5.32 Å². The Bertz CT molecular complexity index is 450. The van der Waals surface area contributed by atoms with Crippen LogP contribution in [-0.4, -0.2) is 38.8 Å². The van der Waals surface area contributed by atoms with Crippen LogP contribution in [-0.2, 0) is 30.5 Å². The zero-order chi connectivity index (χ0) is 17.1. The molecule has 1 aromatic carbocycles. The predicted octanol–water partition coefficient (Wildman–Crippen LogP) is 3.75. The van der Waals surface area contributed by atoms with Crippen molar-refractivity contribution in [2.24, 2.45) is 0 Å². The van der Waals surface area contributed by atoms with Crippen LogP contribution >= 0.6 is 0 Å². The van der Waals surface area contributed by atoms with E-state index in [-0.39, 0.29) is 0 Å². The van der Waals surface area contributed by atoms with E-state index in [2.05, 4.69) is 59.3 Å². The fourth-order valence-corrected chi connectivity index (χ4v) is 4.55. The van der Waals surface area contributed by atoms with E-state index in [1.54, 1.807) is 14.2 Å². The average Bonchev–Trinajstić information content (AvgIpc) is 2.57. The van der Waals surface area contributed by atoms with Gasteiger partial charge in [-0.05, 0) is 0 Å². The van der Waals surface area contributed by atoms with Gasteiger partial charge in [0.2, 0.25) is 0 Å². The van der Waals surface area contributed by atoms with Crippen LogP contribution in [0, 0.1) is 0 Å². The normalized spacial score (nSPS) is 11.5. The van der Waals surface area contributed by atoms with Crippen molar-refractivity contribution in [3.8, 4) is 0 Å². The molecular weight excluding hydrogens is 324 g/mol. The van der Waals surface area contributed by atoms with Gasteiger partial charge in [-0.2, -0.15) is 0 Å². The van der Waals surface area contributed by atoms with E-state index < -0.39 is 17.4 Å². The summed E-state index contributed by atoms with van der Waals surface area (Å²) in [4.78, 5) is 2.31. The van der Waals surface area contributed by atoms with Crippen LogP contribution in [0.1, 0.15) is 18.9 Å². The van der Waals surface area contributed by atoms with Gasteiger partial charge >= 0.3 is 146 Å². The second-order valence-corrected chi connectivity index (χ2v) is 11.6. The monoisotopic (exact) mass is 356 g/mol. The van der Waals surface area contributed by atoms with Crippen molar-refractivity contribution in [2.75, 3.05) is 33.9 Å². The molecule has 0 saturated carbocycles. The molecule has 23 heavy (non-hydrogen) atoms. The van der Waals surface area contributed by atoms with Crippen LogP contribution in [0.3, 0.4) is 0 Å². The summed E-state index contributed by atoms with van der Waals surface area (Å²) in [6, 6.07) is 10.5. The minimum absolute atomic E-state index is 0.915. The molecule has 0 atom stereocenters. The van der Waals surface area contributed by atoms with Gasteiger partial charge in [0.15, 0.2) is 0 Å². The Labute approximate surface area is 146 Å². The molecule has 130 valence electrons. The van der Waals surface area contributed by atoms with Gasteiger partial charge in [-0.25, -0.2) is 0 Å². The number of hydrogen-bond donors (Lipinski definition) is 1. The predicted molar refractivity (Wildman–Crippen MR) is 93.8 cm³/mol. The molecule has 0 heterocycles. The second-order valence-electron chi connectivity index (χ2n) is 6.04. The summed E-state index contributed by atoms with van der Waals surface area (Å²) in [6.07, 6.45) is 1.10. The van der Waals surface area contributed by atoms with E-state index in [0.717, 1.165) is 43.0 Å². The molecule has 0 fully saturated rings. The molecule has 0 bridgehead atoms. The van der Waals surface area contributed by atoms with Crippen LogP contribution in [0.5, 0.6) is 0 Å². The van der Waals surface area contributed by atoms with Gasteiger partial charge in [0.25, 0.3) is 0 Å². The number of rotatable bonds is 12. The molecule has 1 rings (SSSR count). The molecule has 1 aromatic rings. The van der Waals surface area contributed by atoms with E-state index in [9.17, 15) is 0 Å². The maximum absolute atomic E-state index is 5.55. The van der Waals surface area contributed by atoms with Crippen molar-refractivity contribution >= 4 is 0 Å². The van der Waals surface area contributed by atoms with E-state index in [4.69, 9.17) is 6.64 Å². The van der Waals surface area contributed by atoms with Crippen molar-refractivity contribution < 1.29 is 24.0 Å². The Balaban J connectivity index is 2.25. The Kier molecular flexibility index (Phi) is 9.76. The second kappa shape index (κ2) is 11.0. The molecular formula is C18H32N2O2Ti. The van der Waals surface area contributed by atoms with Crippen LogP contribution in [0.2, 0.25) is 9.95 Å². The quantitative estimate of drug-likeness (QED) is 0.457. The molecule has 0 aliphatic carbocycles. The third-order valence-corrected chi connectivity index (χ3v) is 8.83. The summed E-state index contributed by atoms with van der Waals surface area (Å²) in [5, 5.41) is 5.67. The zero-order valence-electron chi connectivity index (χ0n) is 15.1. The molecule has 0 amide bonds. The summed E-state index contributed by atoms with van der Waals surface area (Å²) in [6.45, 7) is 10.0. The van der Waals surface area contributed by atoms with E-state index in [1.165, 1.54) is 5.56 Å². The Morgan fingerprint density at radius 1 is 1.17 bits per heavy atom. The third-order valence-electron chi connectivity index (χ3n) is 4.16. The van der Waals surface area contributed by atoms with Crippen LogP contribution in [0.4, 0.5) is 0 Å². The van der Waals surface area contributed by atoms with Gasteiger partial charge in [0.05, 0.1) is 0 Å². The van der Waals surface area contributed by atoms with E-state index in [1.807, 2.05) is 0 Å².